The molecule has 0 aliphatic rings. The van der Waals surface area contributed by atoms with Crippen molar-refractivity contribution in [2.24, 2.45) is 4.99 Å². The number of benzene rings is 2. The number of aliphatic imine (C=N–C) groups is 1. The Morgan fingerprint density at radius 2 is 1.86 bits per heavy atom. The fraction of sp³-hybridized carbons (Fsp3) is 0.150. The number of rotatable bonds is 5. The van der Waals surface area contributed by atoms with E-state index in [1.165, 1.54) is 0 Å². The molecule has 28 heavy (non-hydrogen) atoms. The third-order valence-corrected chi connectivity index (χ3v) is 4.74. The van der Waals surface area contributed by atoms with Crippen LogP contribution in [0, 0.1) is 0 Å². The van der Waals surface area contributed by atoms with Crippen LogP contribution in [0.15, 0.2) is 67.6 Å². The second-order valence-corrected chi connectivity index (χ2v) is 6.90. The van der Waals surface area contributed by atoms with E-state index in [0.29, 0.717) is 17.1 Å². The highest BCUT2D eigenvalue weighted by Crippen LogP contribution is 2.21. The summed E-state index contributed by atoms with van der Waals surface area (Å²) in [6, 6.07) is 14.2. The maximum Gasteiger partial charge on any atom is 0.335 e. The molecule has 1 aromatic heterocycles. The van der Waals surface area contributed by atoms with Gasteiger partial charge in [0.1, 0.15) is 11.3 Å². The summed E-state index contributed by atoms with van der Waals surface area (Å²) < 4.78 is 7.15. The number of nitrogens with zero attached hydrogens (tertiary/aromatic N) is 2. The fourth-order valence-corrected chi connectivity index (χ4v) is 3.06. The molecule has 0 unspecified atom stereocenters. The van der Waals surface area contributed by atoms with Gasteiger partial charge in [-0.1, -0.05) is 34.1 Å². The summed E-state index contributed by atoms with van der Waals surface area (Å²) in [6.45, 7) is 1.86. The van der Waals surface area contributed by atoms with Gasteiger partial charge in [-0.3, -0.25) is 14.8 Å². The minimum Gasteiger partial charge on any atom is -0.496 e. The molecule has 0 aliphatic carbocycles. The Morgan fingerprint density at radius 3 is 2.54 bits per heavy atom. The Hall–Kier alpha value is -3.13. The van der Waals surface area contributed by atoms with E-state index in [9.17, 15) is 14.7 Å². The van der Waals surface area contributed by atoms with Gasteiger partial charge in [-0.05, 0) is 37.3 Å². The third kappa shape index (κ3) is 3.91. The molecule has 2 aromatic carbocycles. The molecule has 144 valence electrons. The van der Waals surface area contributed by atoms with Crippen LogP contribution in [0.5, 0.6) is 11.6 Å². The van der Waals surface area contributed by atoms with Gasteiger partial charge in [0, 0.05) is 10.0 Å². The van der Waals surface area contributed by atoms with Gasteiger partial charge < -0.3 is 9.84 Å². The predicted octanol–water partition coefficient (Wildman–Crippen LogP) is 3.01. The molecule has 3 aromatic rings. The molecule has 0 spiro atoms. The van der Waals surface area contributed by atoms with E-state index in [0.717, 1.165) is 14.6 Å². The van der Waals surface area contributed by atoms with E-state index in [4.69, 9.17) is 4.74 Å². The number of halogens is 1. The molecular weight excluding hydrogens is 426 g/mol. The van der Waals surface area contributed by atoms with Crippen LogP contribution in [0.25, 0.3) is 5.69 Å². The van der Waals surface area contributed by atoms with Crippen molar-refractivity contribution >= 4 is 21.6 Å². The minimum atomic E-state index is -0.730. The van der Waals surface area contributed by atoms with Crippen molar-refractivity contribution in [2.45, 2.75) is 13.5 Å². The number of aromatic amines is 1. The molecular formula is C20H18BrN3O4. The first-order chi connectivity index (χ1) is 13.4. The van der Waals surface area contributed by atoms with E-state index in [1.807, 2.05) is 24.3 Å². The third-order valence-electron chi connectivity index (χ3n) is 4.21. The molecule has 0 bridgehead atoms. The van der Waals surface area contributed by atoms with Crippen LogP contribution in [-0.4, -0.2) is 27.5 Å². The predicted molar refractivity (Wildman–Crippen MR) is 111 cm³/mol. The van der Waals surface area contributed by atoms with Crippen LogP contribution >= 0.6 is 15.9 Å². The number of hydrogen-bond donors (Lipinski definition) is 2. The van der Waals surface area contributed by atoms with Crippen molar-refractivity contribution in [3.05, 3.63) is 85.0 Å². The number of ether oxygens (including phenoxy) is 1. The number of aromatic nitrogens is 2. The lowest BCUT2D eigenvalue weighted by Gasteiger charge is -2.12. The van der Waals surface area contributed by atoms with Crippen molar-refractivity contribution < 1.29 is 9.84 Å². The van der Waals surface area contributed by atoms with Gasteiger partial charge >= 0.3 is 5.69 Å². The molecule has 3 rings (SSSR count). The molecule has 2 N–H and O–H groups in total. The molecule has 0 aliphatic heterocycles. The topological polar surface area (TPSA) is 96.7 Å². The SMILES string of the molecule is COc1ccccc1CN=C(C)c1c(O)n(-c2ccc(Br)cc2)c(=O)[nH]c1=O. The Bertz CT molecular complexity index is 1150. The molecule has 0 radical (unpaired) electrons. The summed E-state index contributed by atoms with van der Waals surface area (Å²) in [7, 11) is 1.57. The van der Waals surface area contributed by atoms with Crippen LogP contribution in [-0.2, 0) is 6.54 Å². The first-order valence-electron chi connectivity index (χ1n) is 8.40. The normalized spacial score (nSPS) is 11.5. The maximum absolute atomic E-state index is 12.3. The lowest BCUT2D eigenvalue weighted by Crippen LogP contribution is -2.32. The quantitative estimate of drug-likeness (QED) is 0.592. The lowest BCUT2D eigenvalue weighted by molar-refractivity contribution is 0.410. The molecule has 0 saturated heterocycles. The second kappa shape index (κ2) is 8.26. The molecule has 8 heteroatoms. The molecule has 1 heterocycles. The van der Waals surface area contributed by atoms with Crippen molar-refractivity contribution in [3.8, 4) is 17.3 Å². The summed E-state index contributed by atoms with van der Waals surface area (Å²) in [5, 5.41) is 10.7. The van der Waals surface area contributed by atoms with Crippen LogP contribution in [0.4, 0.5) is 0 Å². The zero-order valence-corrected chi connectivity index (χ0v) is 16.9. The van der Waals surface area contributed by atoms with Gasteiger partial charge in [-0.2, -0.15) is 0 Å². The van der Waals surface area contributed by atoms with Crippen LogP contribution in [0.1, 0.15) is 18.1 Å². The average Bonchev–Trinajstić information content (AvgIpc) is 2.67. The van der Waals surface area contributed by atoms with Gasteiger partial charge in [0.15, 0.2) is 0 Å². The van der Waals surface area contributed by atoms with Crippen LogP contribution < -0.4 is 16.0 Å². The molecule has 0 atom stereocenters. The lowest BCUT2D eigenvalue weighted by atomic mass is 10.1. The van der Waals surface area contributed by atoms with E-state index in [2.05, 4.69) is 25.9 Å². The largest absolute Gasteiger partial charge is 0.496 e. The Balaban J connectivity index is 2.06. The smallest absolute Gasteiger partial charge is 0.335 e. The number of hydrogen-bond acceptors (Lipinski definition) is 5. The van der Waals surface area contributed by atoms with Gasteiger partial charge in [0.05, 0.1) is 25.1 Å². The first kappa shape index (κ1) is 19.6. The standard InChI is InChI=1S/C20H18BrN3O4/c1-12(22-11-13-5-3-4-6-16(13)28-2)17-18(25)23-20(27)24(19(17)26)15-9-7-14(21)8-10-15/h3-10,26H,11H2,1-2H3,(H,23,25,27). The van der Waals surface area contributed by atoms with E-state index in [-0.39, 0.29) is 12.1 Å². The zero-order chi connectivity index (χ0) is 20.3. The highest BCUT2D eigenvalue weighted by atomic mass is 79.9. The molecule has 0 amide bonds. The number of nitrogens with one attached hydrogen (secondary N) is 1. The van der Waals surface area contributed by atoms with Crippen LogP contribution in [0.2, 0.25) is 0 Å². The number of methoxy groups -OCH3 is 1. The molecule has 0 fully saturated rings. The van der Waals surface area contributed by atoms with Crippen molar-refractivity contribution in [1.82, 2.24) is 9.55 Å². The van der Waals surface area contributed by atoms with E-state index >= 15 is 0 Å². The second-order valence-electron chi connectivity index (χ2n) is 5.98. The van der Waals surface area contributed by atoms with Gasteiger partial charge in [-0.15, -0.1) is 0 Å². The number of aromatic hydroxyl groups is 1. The van der Waals surface area contributed by atoms with Gasteiger partial charge in [-0.25, -0.2) is 9.36 Å². The van der Waals surface area contributed by atoms with E-state index < -0.39 is 17.1 Å². The number of para-hydroxylation sites is 1. The number of H-pyrrole nitrogens is 1. The summed E-state index contributed by atoms with van der Waals surface area (Å²) in [6.07, 6.45) is 0. The van der Waals surface area contributed by atoms with Crippen molar-refractivity contribution in [2.75, 3.05) is 7.11 Å². The van der Waals surface area contributed by atoms with Gasteiger partial charge in [0.2, 0.25) is 5.88 Å². The summed E-state index contributed by atoms with van der Waals surface area (Å²) >= 11 is 3.32. The monoisotopic (exact) mass is 443 g/mol. The summed E-state index contributed by atoms with van der Waals surface area (Å²) in [5.74, 6) is 0.217. The highest BCUT2D eigenvalue weighted by Gasteiger charge is 2.18. The first-order valence-corrected chi connectivity index (χ1v) is 9.19. The Labute approximate surface area is 169 Å². The summed E-state index contributed by atoms with van der Waals surface area (Å²) in [4.78, 5) is 31.2. The fourth-order valence-electron chi connectivity index (χ4n) is 2.80. The zero-order valence-electron chi connectivity index (χ0n) is 15.3. The van der Waals surface area contributed by atoms with E-state index in [1.54, 1.807) is 38.3 Å². The minimum absolute atomic E-state index is 0.0579. The van der Waals surface area contributed by atoms with Crippen molar-refractivity contribution in [1.29, 1.82) is 0 Å². The summed E-state index contributed by atoms with van der Waals surface area (Å²) in [5.41, 5.74) is 0.0680. The molecule has 0 saturated carbocycles. The van der Waals surface area contributed by atoms with Crippen LogP contribution in [0.3, 0.4) is 0 Å². The Morgan fingerprint density at radius 1 is 1.18 bits per heavy atom. The molecule has 7 nitrogen and oxygen atoms in total. The maximum atomic E-state index is 12.3. The highest BCUT2D eigenvalue weighted by molar-refractivity contribution is 9.10. The average molecular weight is 444 g/mol. The van der Waals surface area contributed by atoms with Gasteiger partial charge in [0.25, 0.3) is 5.56 Å². The Kier molecular flexibility index (Phi) is 5.79. The van der Waals surface area contributed by atoms with Crippen molar-refractivity contribution in [3.63, 3.8) is 0 Å².